The SMILES string of the molecule is CCOc1ccc(/C=C/C(=O)N(C)CC(=O)Nc2ccc(OC)cc2)cc1. The number of rotatable bonds is 8. The predicted octanol–water partition coefficient (Wildman–Crippen LogP) is 3.20. The lowest BCUT2D eigenvalue weighted by molar-refractivity contribution is -0.129. The number of benzene rings is 2. The highest BCUT2D eigenvalue weighted by Crippen LogP contribution is 2.15. The van der Waals surface area contributed by atoms with Crippen LogP contribution < -0.4 is 14.8 Å². The summed E-state index contributed by atoms with van der Waals surface area (Å²) in [5, 5.41) is 2.74. The fourth-order valence-electron chi connectivity index (χ4n) is 2.30. The Kier molecular flexibility index (Phi) is 7.43. The van der Waals surface area contributed by atoms with Gasteiger partial charge in [0, 0.05) is 18.8 Å². The first-order valence-electron chi connectivity index (χ1n) is 8.61. The second-order valence-electron chi connectivity index (χ2n) is 5.81. The van der Waals surface area contributed by atoms with Gasteiger partial charge in [0.1, 0.15) is 11.5 Å². The molecule has 6 heteroatoms. The summed E-state index contributed by atoms with van der Waals surface area (Å²) in [6, 6.07) is 14.4. The van der Waals surface area contributed by atoms with E-state index in [-0.39, 0.29) is 18.4 Å². The Balaban J connectivity index is 1.85. The van der Waals surface area contributed by atoms with E-state index < -0.39 is 0 Å². The summed E-state index contributed by atoms with van der Waals surface area (Å²) in [6.45, 7) is 2.49. The lowest BCUT2D eigenvalue weighted by Gasteiger charge is -2.15. The lowest BCUT2D eigenvalue weighted by atomic mass is 10.2. The van der Waals surface area contributed by atoms with Crippen molar-refractivity contribution in [2.45, 2.75) is 6.92 Å². The second-order valence-corrected chi connectivity index (χ2v) is 5.81. The molecule has 0 saturated carbocycles. The van der Waals surface area contributed by atoms with Gasteiger partial charge < -0.3 is 19.7 Å². The third-order valence-corrected chi connectivity index (χ3v) is 3.74. The number of methoxy groups -OCH3 is 1. The number of hydrogen-bond acceptors (Lipinski definition) is 4. The molecule has 0 aliphatic heterocycles. The van der Waals surface area contributed by atoms with Gasteiger partial charge in [-0.25, -0.2) is 0 Å². The molecule has 6 nitrogen and oxygen atoms in total. The van der Waals surface area contributed by atoms with Crippen LogP contribution >= 0.6 is 0 Å². The summed E-state index contributed by atoms with van der Waals surface area (Å²) >= 11 is 0. The summed E-state index contributed by atoms with van der Waals surface area (Å²) in [7, 11) is 3.16. The number of anilines is 1. The van der Waals surface area contributed by atoms with Crippen LogP contribution in [0.4, 0.5) is 5.69 Å². The van der Waals surface area contributed by atoms with E-state index in [1.165, 1.54) is 11.0 Å². The fourth-order valence-corrected chi connectivity index (χ4v) is 2.30. The van der Waals surface area contributed by atoms with Crippen molar-refractivity contribution in [3.8, 4) is 11.5 Å². The molecular weight excluding hydrogens is 344 g/mol. The topological polar surface area (TPSA) is 67.9 Å². The standard InChI is InChI=1S/C21H24N2O4/c1-4-27-19-10-5-16(6-11-19)7-14-21(25)23(2)15-20(24)22-17-8-12-18(26-3)13-9-17/h5-14H,4,15H2,1-3H3,(H,22,24)/b14-7+. The molecule has 0 radical (unpaired) electrons. The molecule has 1 N–H and O–H groups in total. The van der Waals surface area contributed by atoms with Crippen molar-refractivity contribution in [3.63, 3.8) is 0 Å². The number of likely N-dealkylation sites (N-methyl/N-ethyl adjacent to an activating group) is 1. The minimum Gasteiger partial charge on any atom is -0.497 e. The molecule has 0 aromatic heterocycles. The van der Waals surface area contributed by atoms with Gasteiger partial charge in [0.25, 0.3) is 0 Å². The molecule has 142 valence electrons. The smallest absolute Gasteiger partial charge is 0.246 e. The van der Waals surface area contributed by atoms with Gasteiger partial charge in [-0.15, -0.1) is 0 Å². The quantitative estimate of drug-likeness (QED) is 0.727. The molecule has 0 bridgehead atoms. The van der Waals surface area contributed by atoms with Crippen LogP contribution in [0.15, 0.2) is 54.6 Å². The number of carbonyl (C=O) groups excluding carboxylic acids is 2. The number of ether oxygens (including phenoxy) is 2. The van der Waals surface area contributed by atoms with E-state index in [2.05, 4.69) is 5.32 Å². The van der Waals surface area contributed by atoms with Gasteiger partial charge in [-0.3, -0.25) is 9.59 Å². The molecule has 2 aromatic carbocycles. The van der Waals surface area contributed by atoms with Gasteiger partial charge in [0.05, 0.1) is 20.3 Å². The number of amides is 2. The second kappa shape index (κ2) is 10.0. The highest BCUT2D eigenvalue weighted by molar-refractivity contribution is 5.97. The molecule has 27 heavy (non-hydrogen) atoms. The van der Waals surface area contributed by atoms with Crippen molar-refractivity contribution in [1.82, 2.24) is 4.90 Å². The zero-order chi connectivity index (χ0) is 19.6. The molecule has 0 atom stereocenters. The van der Waals surface area contributed by atoms with E-state index in [0.717, 1.165) is 11.3 Å². The molecule has 0 fully saturated rings. The number of nitrogens with zero attached hydrogens (tertiary/aromatic N) is 1. The minimum absolute atomic E-state index is 0.0432. The van der Waals surface area contributed by atoms with E-state index in [0.29, 0.717) is 18.0 Å². The van der Waals surface area contributed by atoms with Crippen LogP contribution in [0, 0.1) is 0 Å². The first-order valence-corrected chi connectivity index (χ1v) is 8.61. The first-order chi connectivity index (χ1) is 13.0. The van der Waals surface area contributed by atoms with E-state index in [4.69, 9.17) is 9.47 Å². The van der Waals surface area contributed by atoms with Crippen molar-refractivity contribution < 1.29 is 19.1 Å². The maximum Gasteiger partial charge on any atom is 0.246 e. The molecule has 0 unspecified atom stereocenters. The van der Waals surface area contributed by atoms with Gasteiger partial charge in [-0.05, 0) is 55.0 Å². The maximum absolute atomic E-state index is 12.2. The van der Waals surface area contributed by atoms with E-state index in [9.17, 15) is 9.59 Å². The third kappa shape index (κ3) is 6.51. The van der Waals surface area contributed by atoms with Crippen molar-refractivity contribution in [2.24, 2.45) is 0 Å². The Morgan fingerprint density at radius 3 is 2.26 bits per heavy atom. The molecule has 0 heterocycles. The Labute approximate surface area is 159 Å². The zero-order valence-electron chi connectivity index (χ0n) is 15.8. The minimum atomic E-state index is -0.273. The number of nitrogens with one attached hydrogen (secondary N) is 1. The number of hydrogen-bond donors (Lipinski definition) is 1. The van der Waals surface area contributed by atoms with Crippen molar-refractivity contribution in [2.75, 3.05) is 32.6 Å². The zero-order valence-corrected chi connectivity index (χ0v) is 15.8. The van der Waals surface area contributed by atoms with Crippen LogP contribution in [0.2, 0.25) is 0 Å². The summed E-state index contributed by atoms with van der Waals surface area (Å²) < 4.78 is 10.5. The highest BCUT2D eigenvalue weighted by atomic mass is 16.5. The average molecular weight is 368 g/mol. The van der Waals surface area contributed by atoms with Crippen LogP contribution in [0.5, 0.6) is 11.5 Å². The Hall–Kier alpha value is -3.28. The first kappa shape index (κ1) is 20.0. The van der Waals surface area contributed by atoms with Gasteiger partial charge in [0.15, 0.2) is 0 Å². The Bertz CT molecular complexity index is 783. The van der Waals surface area contributed by atoms with Gasteiger partial charge in [-0.1, -0.05) is 12.1 Å². The van der Waals surface area contributed by atoms with E-state index >= 15 is 0 Å². The molecular formula is C21H24N2O4. The molecule has 2 rings (SSSR count). The normalized spacial score (nSPS) is 10.5. The van der Waals surface area contributed by atoms with E-state index in [1.807, 2.05) is 31.2 Å². The monoisotopic (exact) mass is 368 g/mol. The summed E-state index contributed by atoms with van der Waals surface area (Å²) in [5.74, 6) is 0.965. The van der Waals surface area contributed by atoms with Crippen LogP contribution in [0.25, 0.3) is 6.08 Å². The lowest BCUT2D eigenvalue weighted by Crippen LogP contribution is -2.33. The fraction of sp³-hybridized carbons (Fsp3) is 0.238. The summed E-state index contributed by atoms with van der Waals surface area (Å²) in [5.41, 5.74) is 1.52. The van der Waals surface area contributed by atoms with Crippen LogP contribution in [0.1, 0.15) is 12.5 Å². The van der Waals surface area contributed by atoms with E-state index in [1.54, 1.807) is 44.5 Å². The summed E-state index contributed by atoms with van der Waals surface area (Å²) in [6.07, 6.45) is 3.15. The molecule has 2 amide bonds. The molecule has 0 aliphatic rings. The summed E-state index contributed by atoms with van der Waals surface area (Å²) in [4.78, 5) is 25.6. The molecule has 2 aromatic rings. The van der Waals surface area contributed by atoms with Crippen molar-refractivity contribution in [1.29, 1.82) is 0 Å². The van der Waals surface area contributed by atoms with Crippen LogP contribution in [0.3, 0.4) is 0 Å². The van der Waals surface area contributed by atoms with Crippen LogP contribution in [-0.4, -0.2) is 44.0 Å². The Morgan fingerprint density at radius 2 is 1.67 bits per heavy atom. The maximum atomic E-state index is 12.2. The number of carbonyl (C=O) groups is 2. The van der Waals surface area contributed by atoms with Crippen molar-refractivity contribution >= 4 is 23.6 Å². The van der Waals surface area contributed by atoms with Crippen LogP contribution in [-0.2, 0) is 9.59 Å². The molecule has 0 spiro atoms. The predicted molar refractivity (Wildman–Crippen MR) is 106 cm³/mol. The van der Waals surface area contributed by atoms with Crippen molar-refractivity contribution in [3.05, 3.63) is 60.2 Å². The van der Waals surface area contributed by atoms with Gasteiger partial charge >= 0.3 is 0 Å². The molecule has 0 saturated heterocycles. The average Bonchev–Trinajstić information content (AvgIpc) is 2.68. The molecule has 0 aliphatic carbocycles. The third-order valence-electron chi connectivity index (χ3n) is 3.74. The Morgan fingerprint density at radius 1 is 1.04 bits per heavy atom. The van der Waals surface area contributed by atoms with Gasteiger partial charge in [0.2, 0.25) is 11.8 Å². The van der Waals surface area contributed by atoms with Gasteiger partial charge in [-0.2, -0.15) is 0 Å². The largest absolute Gasteiger partial charge is 0.497 e. The highest BCUT2D eigenvalue weighted by Gasteiger charge is 2.10.